The van der Waals surface area contributed by atoms with Gasteiger partial charge in [-0.1, -0.05) is 6.92 Å². The van der Waals surface area contributed by atoms with E-state index in [1.54, 1.807) is 6.92 Å². The topological polar surface area (TPSA) is 46.5 Å². The molecule has 0 radical (unpaired) electrons. The van der Waals surface area contributed by atoms with Gasteiger partial charge in [-0.25, -0.2) is 0 Å². The number of alkyl halides is 2. The molecule has 0 aromatic rings. The molecule has 6 heteroatoms. The molecule has 0 saturated carbocycles. The van der Waals surface area contributed by atoms with Crippen molar-refractivity contribution in [2.45, 2.75) is 32.5 Å². The summed E-state index contributed by atoms with van der Waals surface area (Å²) in [4.78, 5) is 8.48. The largest absolute Gasteiger partial charge is 0.394 e. The van der Waals surface area contributed by atoms with E-state index < -0.39 is 19.9 Å². The monoisotopic (exact) mass is 188 g/mol. The normalized spacial score (nSPS) is 19.8. The Kier molecular flexibility index (Phi) is 4.14. The quantitative estimate of drug-likeness (QED) is 0.688. The van der Waals surface area contributed by atoms with Crippen LogP contribution in [0.25, 0.3) is 0 Å². The average molecular weight is 188 g/mol. The van der Waals surface area contributed by atoms with Gasteiger partial charge in [-0.3, -0.25) is 4.57 Å². The van der Waals surface area contributed by atoms with E-state index in [9.17, 15) is 13.3 Å². The van der Waals surface area contributed by atoms with Gasteiger partial charge in [0.05, 0.1) is 6.10 Å². The highest BCUT2D eigenvalue weighted by atomic mass is 31.2. The molecule has 0 aliphatic carbocycles. The lowest BCUT2D eigenvalue weighted by Gasteiger charge is -2.15. The van der Waals surface area contributed by atoms with Crippen molar-refractivity contribution in [2.75, 3.05) is 0 Å². The Labute approximate surface area is 63.9 Å². The van der Waals surface area contributed by atoms with Crippen LogP contribution in [0.2, 0.25) is 0 Å². The first-order valence-corrected chi connectivity index (χ1v) is 4.83. The van der Waals surface area contributed by atoms with Crippen molar-refractivity contribution < 1.29 is 22.8 Å². The second-order valence-corrected chi connectivity index (χ2v) is 3.90. The highest BCUT2D eigenvalue weighted by Crippen LogP contribution is 2.50. The summed E-state index contributed by atoms with van der Waals surface area (Å²) in [6.45, 7) is 3.14. The van der Waals surface area contributed by atoms with Crippen LogP contribution in [0.1, 0.15) is 20.3 Å². The molecule has 11 heavy (non-hydrogen) atoms. The SMILES string of the molecule is CCC(C)OP(=O)(O)C(F)F. The molecule has 0 rings (SSSR count). The third-order valence-electron chi connectivity index (χ3n) is 1.15. The lowest BCUT2D eigenvalue weighted by Crippen LogP contribution is -2.08. The molecule has 1 N–H and O–H groups in total. The molecule has 0 aromatic carbocycles. The molecule has 0 heterocycles. The van der Waals surface area contributed by atoms with Crippen molar-refractivity contribution in [3.8, 4) is 0 Å². The third-order valence-corrected chi connectivity index (χ3v) is 2.31. The summed E-state index contributed by atoms with van der Waals surface area (Å²) in [5.74, 6) is 0. The van der Waals surface area contributed by atoms with Gasteiger partial charge in [0.15, 0.2) is 0 Å². The Balaban J connectivity index is 4.02. The minimum atomic E-state index is -4.67. The van der Waals surface area contributed by atoms with Gasteiger partial charge in [0.25, 0.3) is 0 Å². The molecule has 0 amide bonds. The van der Waals surface area contributed by atoms with Crippen molar-refractivity contribution in [1.29, 1.82) is 0 Å². The van der Waals surface area contributed by atoms with Crippen molar-refractivity contribution in [3.63, 3.8) is 0 Å². The van der Waals surface area contributed by atoms with Crippen LogP contribution in [0.4, 0.5) is 8.78 Å². The van der Waals surface area contributed by atoms with Gasteiger partial charge in [-0.2, -0.15) is 8.78 Å². The van der Waals surface area contributed by atoms with Gasteiger partial charge in [0.1, 0.15) is 0 Å². The average Bonchev–Trinajstić information content (AvgIpc) is 1.86. The zero-order chi connectivity index (χ0) is 9.07. The second kappa shape index (κ2) is 4.14. The maximum atomic E-state index is 11.7. The van der Waals surface area contributed by atoms with E-state index >= 15 is 0 Å². The van der Waals surface area contributed by atoms with Crippen molar-refractivity contribution in [3.05, 3.63) is 0 Å². The first kappa shape index (κ1) is 11.0. The number of rotatable bonds is 4. The van der Waals surface area contributed by atoms with E-state index in [-0.39, 0.29) is 0 Å². The Morgan fingerprint density at radius 3 is 2.36 bits per heavy atom. The molecule has 3 nitrogen and oxygen atoms in total. The van der Waals surface area contributed by atoms with Crippen LogP contribution < -0.4 is 0 Å². The lowest BCUT2D eigenvalue weighted by atomic mass is 10.3. The highest BCUT2D eigenvalue weighted by molar-refractivity contribution is 7.53. The summed E-state index contributed by atoms with van der Waals surface area (Å²) in [6, 6.07) is 0. The van der Waals surface area contributed by atoms with Gasteiger partial charge < -0.3 is 9.42 Å². The Morgan fingerprint density at radius 1 is 1.64 bits per heavy atom. The maximum absolute atomic E-state index is 11.7. The van der Waals surface area contributed by atoms with Gasteiger partial charge in [-0.15, -0.1) is 0 Å². The summed E-state index contributed by atoms with van der Waals surface area (Å²) in [5, 5.41) is 0. The van der Waals surface area contributed by atoms with E-state index in [0.717, 1.165) is 0 Å². The van der Waals surface area contributed by atoms with Crippen molar-refractivity contribution in [2.24, 2.45) is 0 Å². The van der Waals surface area contributed by atoms with Crippen LogP contribution in [0.3, 0.4) is 0 Å². The van der Waals surface area contributed by atoms with Crippen LogP contribution in [0.5, 0.6) is 0 Å². The predicted molar refractivity (Wildman–Crippen MR) is 36.7 cm³/mol. The molecule has 0 fully saturated rings. The first-order chi connectivity index (χ1) is 4.90. The standard InChI is InChI=1S/C5H11F2O3P/c1-3-4(2)10-11(8,9)5(6)7/h4-5H,3H2,1-2H3,(H,8,9). The molecule has 68 valence electrons. The molecular formula is C5H11F2O3P. The fourth-order valence-electron chi connectivity index (χ4n) is 0.378. The molecule has 2 atom stereocenters. The number of hydrogen-bond acceptors (Lipinski definition) is 2. The smallest absolute Gasteiger partial charge is 0.320 e. The fraction of sp³-hybridized carbons (Fsp3) is 1.00. The van der Waals surface area contributed by atoms with Crippen LogP contribution in [-0.4, -0.2) is 17.2 Å². The van der Waals surface area contributed by atoms with Crippen molar-refractivity contribution in [1.82, 2.24) is 0 Å². The molecule has 0 saturated heterocycles. The van der Waals surface area contributed by atoms with E-state index in [1.807, 2.05) is 0 Å². The van der Waals surface area contributed by atoms with Gasteiger partial charge >= 0.3 is 13.8 Å². The van der Waals surface area contributed by atoms with Gasteiger partial charge in [-0.05, 0) is 13.3 Å². The molecule has 0 aromatic heterocycles. The molecule has 0 spiro atoms. The summed E-state index contributed by atoms with van der Waals surface area (Å²) >= 11 is 0. The first-order valence-electron chi connectivity index (χ1n) is 3.19. The van der Waals surface area contributed by atoms with Crippen LogP contribution in [0, 0.1) is 0 Å². The third kappa shape index (κ3) is 3.79. The van der Waals surface area contributed by atoms with Gasteiger partial charge in [0, 0.05) is 0 Å². The lowest BCUT2D eigenvalue weighted by molar-refractivity contribution is 0.125. The minimum Gasteiger partial charge on any atom is -0.320 e. The molecule has 0 aliphatic heterocycles. The summed E-state index contributed by atoms with van der Waals surface area (Å²) in [6.07, 6.45) is -3.49. The Morgan fingerprint density at radius 2 is 2.09 bits per heavy atom. The molecule has 0 bridgehead atoms. The highest BCUT2D eigenvalue weighted by Gasteiger charge is 2.33. The minimum absolute atomic E-state index is 0.428. The van der Waals surface area contributed by atoms with Crippen LogP contribution in [-0.2, 0) is 9.09 Å². The molecule has 0 aliphatic rings. The summed E-state index contributed by atoms with van der Waals surface area (Å²) in [7, 11) is -4.67. The fourth-order valence-corrected chi connectivity index (χ4v) is 1.14. The zero-order valence-electron chi connectivity index (χ0n) is 6.33. The van der Waals surface area contributed by atoms with Crippen LogP contribution in [0.15, 0.2) is 0 Å². The summed E-state index contributed by atoms with van der Waals surface area (Å²) < 4.78 is 38.0. The van der Waals surface area contributed by atoms with Crippen molar-refractivity contribution >= 4 is 7.60 Å². The zero-order valence-corrected chi connectivity index (χ0v) is 7.22. The maximum Gasteiger partial charge on any atom is 0.394 e. The van der Waals surface area contributed by atoms with E-state index in [1.165, 1.54) is 6.92 Å². The van der Waals surface area contributed by atoms with E-state index in [2.05, 4.69) is 4.52 Å². The van der Waals surface area contributed by atoms with Gasteiger partial charge in [0.2, 0.25) is 0 Å². The molecule has 2 unspecified atom stereocenters. The van der Waals surface area contributed by atoms with Crippen LogP contribution >= 0.6 is 7.60 Å². The van der Waals surface area contributed by atoms with E-state index in [4.69, 9.17) is 4.89 Å². The predicted octanol–water partition coefficient (Wildman–Crippen LogP) is 2.21. The Hall–Kier alpha value is 0.01000. The Bertz CT molecular complexity index is 162. The molecular weight excluding hydrogens is 177 g/mol. The second-order valence-electron chi connectivity index (χ2n) is 2.17. The summed E-state index contributed by atoms with van der Waals surface area (Å²) in [5.41, 5.74) is 0. The van der Waals surface area contributed by atoms with E-state index in [0.29, 0.717) is 6.42 Å². The number of hydrogen-bond donors (Lipinski definition) is 1. The number of halogens is 2.